The van der Waals surface area contributed by atoms with Gasteiger partial charge in [-0.15, -0.1) is 0 Å². The van der Waals surface area contributed by atoms with Crippen LogP contribution in [0.5, 0.6) is 0 Å². The van der Waals surface area contributed by atoms with Gasteiger partial charge in [-0.2, -0.15) is 0 Å². The number of aliphatic hydroxyl groups is 2. The molecule has 0 radical (unpaired) electrons. The van der Waals surface area contributed by atoms with Gasteiger partial charge in [-0.05, 0) is 6.42 Å². The van der Waals surface area contributed by atoms with Crippen LogP contribution in [0.3, 0.4) is 0 Å². The van der Waals surface area contributed by atoms with Crippen LogP contribution < -0.4 is 0 Å². The van der Waals surface area contributed by atoms with Crippen molar-refractivity contribution in [3.05, 3.63) is 12.2 Å². The van der Waals surface area contributed by atoms with E-state index in [1.165, 1.54) is 83.5 Å². The molecular weight excluding hydrogens is 440 g/mol. The minimum atomic E-state index is -1.27. The fraction of sp³-hybridized carbons (Fsp3) is 0.808. The van der Waals surface area contributed by atoms with Gasteiger partial charge in [0.05, 0.1) is 13.0 Å². The summed E-state index contributed by atoms with van der Waals surface area (Å²) in [7, 11) is 0. The summed E-state index contributed by atoms with van der Waals surface area (Å²) < 4.78 is 4.86. The van der Waals surface area contributed by atoms with Crippen molar-refractivity contribution in [3.63, 3.8) is 0 Å². The van der Waals surface area contributed by atoms with Gasteiger partial charge >= 0.3 is 17.9 Å². The average Bonchev–Trinajstić information content (AvgIpc) is 2.79. The van der Waals surface area contributed by atoms with Gasteiger partial charge < -0.3 is 25.2 Å². The van der Waals surface area contributed by atoms with Gasteiger partial charge in [0.25, 0.3) is 0 Å². The van der Waals surface area contributed by atoms with Crippen LogP contribution in [-0.4, -0.2) is 57.7 Å². The summed E-state index contributed by atoms with van der Waals surface area (Å²) in [6.07, 6.45) is 18.5. The van der Waals surface area contributed by atoms with Crippen molar-refractivity contribution in [1.29, 1.82) is 0 Å². The Balaban J connectivity index is 0. The Morgan fingerprint density at radius 3 is 1.50 bits per heavy atom. The third-order valence-corrected chi connectivity index (χ3v) is 5.30. The molecule has 8 nitrogen and oxygen atoms in total. The van der Waals surface area contributed by atoms with E-state index >= 15 is 0 Å². The topological polar surface area (TPSA) is 141 Å². The van der Waals surface area contributed by atoms with Gasteiger partial charge in [-0.1, -0.05) is 103 Å². The zero-order chi connectivity index (χ0) is 26.0. The molecule has 34 heavy (non-hydrogen) atoms. The Kier molecular flexibility index (Phi) is 25.9. The molecule has 0 aromatic rings. The number of carboxylic acid groups (broad SMARTS) is 2. The van der Waals surface area contributed by atoms with E-state index in [1.807, 2.05) is 0 Å². The van der Waals surface area contributed by atoms with Gasteiger partial charge in [-0.3, -0.25) is 9.59 Å². The molecule has 0 amide bonds. The standard InChI is InChI=1S/C21H42O4.C5H6O4/c1-2-3-4-5-6-7-8-9-10-11-12-13-14-15-16-17-21(24)25-19-20(23)18-22;1-3(5(8)9)2-4(6)7/h20,22-23H,2-19H2,1H3;1-2H2,(H,6,7)(H,8,9). The first-order chi connectivity index (χ1) is 16.2. The van der Waals surface area contributed by atoms with Gasteiger partial charge in [0.1, 0.15) is 12.7 Å². The Bertz CT molecular complexity index is 533. The van der Waals surface area contributed by atoms with Crippen LogP contribution in [0.4, 0.5) is 0 Å². The molecular formula is C26H48O8. The highest BCUT2D eigenvalue weighted by Gasteiger charge is 2.08. The lowest BCUT2D eigenvalue weighted by molar-refractivity contribution is -0.147. The molecule has 1 atom stereocenters. The second kappa shape index (κ2) is 25.7. The molecule has 8 heteroatoms. The lowest BCUT2D eigenvalue weighted by Gasteiger charge is -2.08. The SMILES string of the molecule is C=C(CC(=O)O)C(=O)O.CCCCCCCCCCCCCCCCCC(=O)OCC(O)CO. The van der Waals surface area contributed by atoms with Crippen LogP contribution in [0.15, 0.2) is 12.2 Å². The molecule has 0 aromatic heterocycles. The zero-order valence-electron chi connectivity index (χ0n) is 21.1. The first-order valence-corrected chi connectivity index (χ1v) is 12.8. The van der Waals surface area contributed by atoms with Crippen LogP contribution in [0.1, 0.15) is 116 Å². The predicted octanol–water partition coefficient (Wildman–Crippen LogP) is 5.25. The van der Waals surface area contributed by atoms with E-state index in [0.29, 0.717) is 6.42 Å². The summed E-state index contributed by atoms with van der Waals surface area (Å²) in [5, 5.41) is 33.8. The summed E-state index contributed by atoms with van der Waals surface area (Å²) >= 11 is 0. The summed E-state index contributed by atoms with van der Waals surface area (Å²) in [6.45, 7) is 4.81. The summed E-state index contributed by atoms with van der Waals surface area (Å²) in [5.74, 6) is -2.72. The van der Waals surface area contributed by atoms with Crippen LogP contribution in [0.2, 0.25) is 0 Å². The third-order valence-electron chi connectivity index (χ3n) is 5.30. The number of rotatable bonds is 22. The first kappa shape index (κ1) is 34.2. The highest BCUT2D eigenvalue weighted by molar-refractivity contribution is 5.91. The van der Waals surface area contributed by atoms with Crippen LogP contribution in [0, 0.1) is 0 Å². The van der Waals surface area contributed by atoms with E-state index in [2.05, 4.69) is 13.5 Å². The fourth-order valence-electron chi connectivity index (χ4n) is 3.21. The number of ether oxygens (including phenoxy) is 1. The number of unbranched alkanes of at least 4 members (excludes halogenated alkanes) is 14. The van der Waals surface area contributed by atoms with Crippen molar-refractivity contribution in [3.8, 4) is 0 Å². The minimum absolute atomic E-state index is 0.103. The Morgan fingerprint density at radius 2 is 1.18 bits per heavy atom. The fourth-order valence-corrected chi connectivity index (χ4v) is 3.21. The molecule has 4 N–H and O–H groups in total. The largest absolute Gasteiger partial charge is 0.481 e. The average molecular weight is 489 g/mol. The molecule has 0 heterocycles. The quantitative estimate of drug-likeness (QED) is 0.0920. The first-order valence-electron chi connectivity index (χ1n) is 12.8. The van der Waals surface area contributed by atoms with Crippen molar-refractivity contribution in [2.45, 2.75) is 122 Å². The monoisotopic (exact) mass is 488 g/mol. The second-order valence-corrected chi connectivity index (χ2v) is 8.70. The number of aliphatic hydroxyl groups excluding tert-OH is 2. The predicted molar refractivity (Wildman–Crippen MR) is 133 cm³/mol. The molecule has 0 aromatic carbocycles. The Labute approximate surface area is 205 Å². The number of hydrogen-bond donors (Lipinski definition) is 4. The maximum atomic E-state index is 11.4. The van der Waals surface area contributed by atoms with Gasteiger partial charge in [0, 0.05) is 12.0 Å². The molecule has 0 bridgehead atoms. The van der Waals surface area contributed by atoms with Crippen molar-refractivity contribution in [2.24, 2.45) is 0 Å². The van der Waals surface area contributed by atoms with Crippen molar-refractivity contribution in [1.82, 2.24) is 0 Å². The molecule has 0 aliphatic heterocycles. The summed E-state index contributed by atoms with van der Waals surface area (Å²) in [4.78, 5) is 31.0. The molecule has 0 aliphatic rings. The highest BCUT2D eigenvalue weighted by atomic mass is 16.5. The smallest absolute Gasteiger partial charge is 0.331 e. The molecule has 0 fully saturated rings. The van der Waals surface area contributed by atoms with Gasteiger partial charge in [0.2, 0.25) is 0 Å². The molecule has 200 valence electrons. The van der Waals surface area contributed by atoms with E-state index in [0.717, 1.165) is 12.8 Å². The molecule has 0 spiro atoms. The number of aliphatic carboxylic acids is 2. The van der Waals surface area contributed by atoms with E-state index in [1.54, 1.807) is 0 Å². The molecule has 0 aliphatic carbocycles. The van der Waals surface area contributed by atoms with E-state index < -0.39 is 24.5 Å². The van der Waals surface area contributed by atoms with E-state index in [9.17, 15) is 14.4 Å². The minimum Gasteiger partial charge on any atom is -0.481 e. The summed E-state index contributed by atoms with van der Waals surface area (Å²) in [6, 6.07) is 0. The van der Waals surface area contributed by atoms with E-state index in [4.69, 9.17) is 25.2 Å². The van der Waals surface area contributed by atoms with Crippen molar-refractivity contribution >= 4 is 17.9 Å². The van der Waals surface area contributed by atoms with Gasteiger partial charge in [-0.25, -0.2) is 4.79 Å². The van der Waals surface area contributed by atoms with Crippen molar-refractivity contribution in [2.75, 3.05) is 13.2 Å². The Hall–Kier alpha value is -1.93. The van der Waals surface area contributed by atoms with Crippen LogP contribution >= 0.6 is 0 Å². The summed E-state index contributed by atoms with van der Waals surface area (Å²) in [5.41, 5.74) is -0.303. The number of carboxylic acids is 2. The maximum absolute atomic E-state index is 11.4. The Morgan fingerprint density at radius 1 is 0.765 bits per heavy atom. The number of carbonyl (C=O) groups is 3. The normalized spacial score (nSPS) is 11.3. The third kappa shape index (κ3) is 28.1. The maximum Gasteiger partial charge on any atom is 0.331 e. The van der Waals surface area contributed by atoms with E-state index in [-0.39, 0.29) is 24.8 Å². The lowest BCUT2D eigenvalue weighted by atomic mass is 10.0. The molecule has 0 saturated heterocycles. The number of carbonyl (C=O) groups excluding carboxylic acids is 1. The molecule has 0 rings (SSSR count). The highest BCUT2D eigenvalue weighted by Crippen LogP contribution is 2.13. The van der Waals surface area contributed by atoms with Crippen LogP contribution in [0.25, 0.3) is 0 Å². The lowest BCUT2D eigenvalue weighted by Crippen LogP contribution is -2.21. The van der Waals surface area contributed by atoms with Crippen molar-refractivity contribution < 1.29 is 39.5 Å². The second-order valence-electron chi connectivity index (χ2n) is 8.70. The molecule has 1 unspecified atom stereocenters. The number of hydrogen-bond acceptors (Lipinski definition) is 6. The van der Waals surface area contributed by atoms with Gasteiger partial charge in [0.15, 0.2) is 0 Å². The van der Waals surface area contributed by atoms with Crippen LogP contribution in [-0.2, 0) is 19.1 Å². The zero-order valence-corrected chi connectivity index (χ0v) is 21.1. The number of esters is 1. The molecule has 0 saturated carbocycles.